The van der Waals surface area contributed by atoms with Crippen molar-refractivity contribution in [2.45, 2.75) is 57.3 Å². The van der Waals surface area contributed by atoms with Gasteiger partial charge in [0, 0.05) is 22.5 Å². The van der Waals surface area contributed by atoms with Gasteiger partial charge in [-0.05, 0) is 138 Å². The van der Waals surface area contributed by atoms with Crippen LogP contribution in [0.25, 0.3) is 33.4 Å². The SMILES string of the molecule is CC1(C)c2cc(N(c3ccc(C4CCCCC4)cc3)c3ccc([Si](c4ccccc4)(c4ccccc4)c4ccccc4)cc3)ccc2-c2cc(-c3ccccc3)c(-c3ccccc3)cc21. The van der Waals surface area contributed by atoms with Crippen molar-refractivity contribution in [1.82, 2.24) is 0 Å². The first kappa shape index (κ1) is 40.8. The second-order valence-electron chi connectivity index (χ2n) is 18.7. The van der Waals surface area contributed by atoms with E-state index in [9.17, 15) is 0 Å². The molecule has 0 radical (unpaired) electrons. The van der Waals surface area contributed by atoms with E-state index in [4.69, 9.17) is 0 Å². The van der Waals surface area contributed by atoms with E-state index < -0.39 is 8.07 Å². The van der Waals surface area contributed by atoms with Crippen LogP contribution in [0.3, 0.4) is 0 Å². The van der Waals surface area contributed by atoms with Crippen molar-refractivity contribution in [3.63, 3.8) is 0 Å². The number of nitrogens with zero attached hydrogens (tertiary/aromatic N) is 1. The lowest BCUT2D eigenvalue weighted by Crippen LogP contribution is -2.74. The van der Waals surface area contributed by atoms with Crippen LogP contribution in [0.15, 0.2) is 231 Å². The maximum Gasteiger partial charge on any atom is 0.179 e. The summed E-state index contributed by atoms with van der Waals surface area (Å²) < 4.78 is 0. The monoisotopic (exact) mass is 853 g/mol. The molecule has 0 aromatic heterocycles. The zero-order chi connectivity index (χ0) is 43.8. The quantitative estimate of drug-likeness (QED) is 0.0979. The minimum atomic E-state index is -2.69. The number of hydrogen-bond donors (Lipinski definition) is 0. The Morgan fingerprint density at radius 2 is 0.785 bits per heavy atom. The second kappa shape index (κ2) is 17.2. The third-order valence-corrected chi connectivity index (χ3v) is 19.4. The summed E-state index contributed by atoms with van der Waals surface area (Å²) in [5.74, 6) is 0.651. The highest BCUT2D eigenvalue weighted by molar-refractivity contribution is 7.19. The highest BCUT2D eigenvalue weighted by Crippen LogP contribution is 2.53. The minimum absolute atomic E-state index is 0.216. The summed E-state index contributed by atoms with van der Waals surface area (Å²) in [4.78, 5) is 2.50. The molecule has 0 saturated heterocycles. The number of hydrogen-bond acceptors (Lipinski definition) is 1. The van der Waals surface area contributed by atoms with Gasteiger partial charge in [-0.1, -0.05) is 215 Å². The molecule has 65 heavy (non-hydrogen) atoms. The van der Waals surface area contributed by atoms with Gasteiger partial charge in [0.1, 0.15) is 0 Å². The molecular formula is C63H55NSi. The Kier molecular flexibility index (Phi) is 10.8. The van der Waals surface area contributed by atoms with Crippen LogP contribution in [0.5, 0.6) is 0 Å². The summed E-state index contributed by atoms with van der Waals surface area (Å²) in [5, 5.41) is 5.51. The van der Waals surface area contributed by atoms with Crippen molar-refractivity contribution >= 4 is 45.9 Å². The van der Waals surface area contributed by atoms with Gasteiger partial charge in [0.15, 0.2) is 8.07 Å². The molecule has 1 nitrogen and oxygen atoms in total. The molecule has 0 atom stereocenters. The van der Waals surface area contributed by atoms with Gasteiger partial charge >= 0.3 is 0 Å². The summed E-state index contributed by atoms with van der Waals surface area (Å²) in [7, 11) is -2.69. The standard InChI is InChI=1S/C63H55NSi/c1-63(2)61-43-52(39-42-57(61)60-44-58(48-23-11-4-12-24-48)59(45-62(60)63)49-25-13-5-14-26-49)64(50-35-33-47(34-36-50)46-21-9-3-10-22-46)51-37-40-56(41-38-51)65(53-27-15-6-16-28-53,54-29-17-7-18-30-54)55-31-19-8-20-32-55/h4-8,11-20,23-46H,3,9-10,21-22H2,1-2H3. The first-order valence-electron chi connectivity index (χ1n) is 23.6. The Morgan fingerprint density at radius 3 is 1.29 bits per heavy atom. The van der Waals surface area contributed by atoms with Crippen LogP contribution in [0.4, 0.5) is 17.1 Å². The van der Waals surface area contributed by atoms with Crippen LogP contribution in [-0.4, -0.2) is 8.07 Å². The van der Waals surface area contributed by atoms with Crippen LogP contribution in [0, 0.1) is 0 Å². The molecule has 0 heterocycles. The number of benzene rings is 9. The predicted molar refractivity (Wildman–Crippen MR) is 279 cm³/mol. The maximum absolute atomic E-state index is 2.69. The van der Waals surface area contributed by atoms with Gasteiger partial charge in [-0.3, -0.25) is 0 Å². The largest absolute Gasteiger partial charge is 0.310 e. The average Bonchev–Trinajstić information content (AvgIpc) is 3.60. The molecule has 2 heteroatoms. The summed E-state index contributed by atoms with van der Waals surface area (Å²) in [5.41, 5.74) is 15.2. The fraction of sp³-hybridized carbons (Fsp3) is 0.143. The number of anilines is 3. The summed E-state index contributed by atoms with van der Waals surface area (Å²) in [6, 6.07) is 86.9. The van der Waals surface area contributed by atoms with E-state index in [1.54, 1.807) is 0 Å². The molecule has 9 aromatic carbocycles. The van der Waals surface area contributed by atoms with Gasteiger partial charge < -0.3 is 4.90 Å². The highest BCUT2D eigenvalue weighted by atomic mass is 28.3. The van der Waals surface area contributed by atoms with Crippen LogP contribution >= 0.6 is 0 Å². The Hall–Kier alpha value is -7.00. The Labute approximate surface area is 386 Å². The van der Waals surface area contributed by atoms with Crippen molar-refractivity contribution in [3.05, 3.63) is 247 Å². The lowest BCUT2D eigenvalue weighted by atomic mass is 9.80. The van der Waals surface area contributed by atoms with Gasteiger partial charge in [-0.25, -0.2) is 0 Å². The van der Waals surface area contributed by atoms with E-state index in [2.05, 4.69) is 249 Å². The third kappa shape index (κ3) is 7.27. The zero-order valence-corrected chi connectivity index (χ0v) is 38.5. The molecular weight excluding hydrogens is 799 g/mol. The highest BCUT2D eigenvalue weighted by Gasteiger charge is 2.42. The smallest absolute Gasteiger partial charge is 0.179 e. The predicted octanol–water partition coefficient (Wildman–Crippen LogP) is 14.2. The van der Waals surface area contributed by atoms with Gasteiger partial charge in [-0.15, -0.1) is 0 Å². The van der Waals surface area contributed by atoms with Gasteiger partial charge in [0.05, 0.1) is 0 Å². The lowest BCUT2D eigenvalue weighted by molar-refractivity contribution is 0.443. The zero-order valence-electron chi connectivity index (χ0n) is 37.5. The molecule has 0 bridgehead atoms. The van der Waals surface area contributed by atoms with Crippen LogP contribution < -0.4 is 25.6 Å². The summed E-state index contributed by atoms with van der Waals surface area (Å²) in [6.45, 7) is 4.83. The first-order valence-corrected chi connectivity index (χ1v) is 25.6. The first-order chi connectivity index (χ1) is 32.0. The van der Waals surface area contributed by atoms with E-state index in [0.29, 0.717) is 5.92 Å². The Bertz CT molecular complexity index is 2950. The maximum atomic E-state index is 2.50. The summed E-state index contributed by atoms with van der Waals surface area (Å²) in [6.07, 6.45) is 6.61. The van der Waals surface area contributed by atoms with Crippen molar-refractivity contribution in [2.24, 2.45) is 0 Å². The van der Waals surface area contributed by atoms with Crippen LogP contribution in [0.2, 0.25) is 0 Å². The van der Waals surface area contributed by atoms with Crippen molar-refractivity contribution in [3.8, 4) is 33.4 Å². The Morgan fingerprint density at radius 1 is 0.369 bits per heavy atom. The van der Waals surface area contributed by atoms with Crippen molar-refractivity contribution in [2.75, 3.05) is 4.90 Å². The topological polar surface area (TPSA) is 3.24 Å². The van der Waals surface area contributed by atoms with E-state index in [-0.39, 0.29) is 5.41 Å². The fourth-order valence-electron chi connectivity index (χ4n) is 11.3. The normalized spacial score (nSPS) is 14.4. The molecule has 11 rings (SSSR count). The van der Waals surface area contributed by atoms with Gasteiger partial charge in [-0.2, -0.15) is 0 Å². The fourth-order valence-corrected chi connectivity index (χ4v) is 16.1. The molecule has 1 fully saturated rings. The Balaban J connectivity index is 1.06. The summed E-state index contributed by atoms with van der Waals surface area (Å²) >= 11 is 0. The molecule has 316 valence electrons. The van der Waals surface area contributed by atoms with Gasteiger partial charge in [0.2, 0.25) is 0 Å². The number of fused-ring (bicyclic) bond motifs is 3. The van der Waals surface area contributed by atoms with E-state index in [1.807, 2.05) is 0 Å². The van der Waals surface area contributed by atoms with E-state index in [1.165, 1.54) is 114 Å². The number of rotatable bonds is 10. The molecule has 2 aliphatic rings. The molecule has 0 spiro atoms. The minimum Gasteiger partial charge on any atom is -0.310 e. The van der Waals surface area contributed by atoms with E-state index >= 15 is 0 Å². The average molecular weight is 854 g/mol. The lowest BCUT2D eigenvalue weighted by Gasteiger charge is -2.35. The van der Waals surface area contributed by atoms with Crippen LogP contribution in [-0.2, 0) is 5.41 Å². The van der Waals surface area contributed by atoms with Crippen LogP contribution in [0.1, 0.15) is 68.6 Å². The third-order valence-electron chi connectivity index (χ3n) is 14.6. The molecule has 2 aliphatic carbocycles. The molecule has 0 unspecified atom stereocenters. The van der Waals surface area contributed by atoms with Crippen molar-refractivity contribution < 1.29 is 0 Å². The second-order valence-corrected chi connectivity index (χ2v) is 22.5. The van der Waals surface area contributed by atoms with Gasteiger partial charge in [0.25, 0.3) is 0 Å². The van der Waals surface area contributed by atoms with E-state index in [0.717, 1.165) is 5.69 Å². The molecule has 0 aliphatic heterocycles. The molecule has 1 saturated carbocycles. The molecule has 9 aromatic rings. The molecule has 0 N–H and O–H groups in total. The van der Waals surface area contributed by atoms with Crippen molar-refractivity contribution in [1.29, 1.82) is 0 Å². The molecule has 0 amide bonds.